The molecule has 0 amide bonds. The molecule has 0 aromatic heterocycles. The summed E-state index contributed by atoms with van der Waals surface area (Å²) in [6.45, 7) is 6.48. The molecule has 2 saturated heterocycles. The van der Waals surface area contributed by atoms with Gasteiger partial charge in [-0.1, -0.05) is 11.6 Å². The Morgan fingerprint density at radius 2 is 1.79 bits per heavy atom. The van der Waals surface area contributed by atoms with Crippen molar-refractivity contribution < 1.29 is 4.92 Å². The molecule has 1 aromatic rings. The molecule has 2 fully saturated rings. The summed E-state index contributed by atoms with van der Waals surface area (Å²) in [7, 11) is 2.18. The maximum absolute atomic E-state index is 11.0. The van der Waals surface area contributed by atoms with Crippen molar-refractivity contribution in [2.75, 3.05) is 51.2 Å². The molecule has 2 aliphatic heterocycles. The van der Waals surface area contributed by atoms with Crippen LogP contribution in [0.1, 0.15) is 12.8 Å². The predicted molar refractivity (Wildman–Crippen MR) is 100 cm³/mol. The van der Waals surface area contributed by atoms with Gasteiger partial charge in [-0.25, -0.2) is 0 Å². The van der Waals surface area contributed by atoms with Crippen LogP contribution in [0.25, 0.3) is 0 Å². The Bertz CT molecular complexity index is 614. The van der Waals surface area contributed by atoms with E-state index in [2.05, 4.69) is 37.7 Å². The van der Waals surface area contributed by atoms with Crippen LogP contribution in [-0.4, -0.2) is 67.1 Å². The number of piperazine rings is 1. The van der Waals surface area contributed by atoms with Crippen LogP contribution in [0.5, 0.6) is 0 Å². The van der Waals surface area contributed by atoms with Gasteiger partial charge in [-0.15, -0.1) is 0 Å². The normalized spacial score (nSPS) is 21.2. The van der Waals surface area contributed by atoms with Gasteiger partial charge >= 0.3 is 0 Å². The number of hydrogen-bond acceptors (Lipinski definition) is 5. The van der Waals surface area contributed by atoms with Crippen LogP contribution in [0.3, 0.4) is 0 Å². The minimum atomic E-state index is -0.448. The Morgan fingerprint density at radius 1 is 1.17 bits per heavy atom. The first-order valence-corrected chi connectivity index (χ1v) is 9.44. The van der Waals surface area contributed by atoms with Crippen LogP contribution in [0.4, 0.5) is 11.4 Å². The maximum Gasteiger partial charge on any atom is 0.289 e. The van der Waals surface area contributed by atoms with Crippen molar-refractivity contribution in [1.29, 1.82) is 0 Å². The zero-order valence-electron chi connectivity index (χ0n) is 13.8. The van der Waals surface area contributed by atoms with E-state index < -0.39 is 4.92 Å². The fraction of sp³-hybridized carbons (Fsp3) is 0.625. The second kappa shape index (κ2) is 7.56. The van der Waals surface area contributed by atoms with Gasteiger partial charge in [0.15, 0.2) is 0 Å². The van der Waals surface area contributed by atoms with Gasteiger partial charge in [0.25, 0.3) is 5.69 Å². The summed E-state index contributed by atoms with van der Waals surface area (Å²) in [5.41, 5.74) is 0.891. The average molecular weight is 418 g/mol. The molecule has 0 radical (unpaired) electrons. The van der Waals surface area contributed by atoms with Crippen LogP contribution in [0.2, 0.25) is 5.02 Å². The molecule has 0 spiro atoms. The fourth-order valence-electron chi connectivity index (χ4n) is 3.57. The highest BCUT2D eigenvalue weighted by Gasteiger charge is 2.28. The third kappa shape index (κ3) is 3.85. The second-order valence-electron chi connectivity index (χ2n) is 6.57. The van der Waals surface area contributed by atoms with Crippen LogP contribution in [0.15, 0.2) is 16.6 Å². The summed E-state index contributed by atoms with van der Waals surface area (Å²) in [6, 6.07) is 3.85. The predicted octanol–water partition coefficient (Wildman–Crippen LogP) is 3.23. The zero-order chi connectivity index (χ0) is 17.3. The summed E-state index contributed by atoms with van der Waals surface area (Å²) in [5.74, 6) is 0. The quantitative estimate of drug-likeness (QED) is 0.558. The van der Waals surface area contributed by atoms with E-state index in [0.29, 0.717) is 6.04 Å². The van der Waals surface area contributed by atoms with E-state index in [9.17, 15) is 10.1 Å². The molecular formula is C16H22BrClN4O2. The largest absolute Gasteiger partial charge is 0.370 e. The Balaban J connectivity index is 1.64. The van der Waals surface area contributed by atoms with Gasteiger partial charge < -0.3 is 9.80 Å². The van der Waals surface area contributed by atoms with Crippen molar-refractivity contribution in [2.45, 2.75) is 18.9 Å². The van der Waals surface area contributed by atoms with E-state index in [4.69, 9.17) is 11.6 Å². The Kier molecular flexibility index (Phi) is 5.64. The molecule has 0 unspecified atom stereocenters. The molecule has 2 aliphatic rings. The van der Waals surface area contributed by atoms with Crippen LogP contribution >= 0.6 is 27.5 Å². The number of rotatable bonds is 3. The molecule has 132 valence electrons. The topological polar surface area (TPSA) is 52.9 Å². The van der Waals surface area contributed by atoms with E-state index in [1.165, 1.54) is 6.07 Å². The number of likely N-dealkylation sites (N-methyl/N-ethyl adjacent to an activating group) is 1. The minimum absolute atomic E-state index is 0.0559. The van der Waals surface area contributed by atoms with Crippen molar-refractivity contribution in [2.24, 2.45) is 0 Å². The number of benzene rings is 1. The molecular weight excluding hydrogens is 396 g/mol. The van der Waals surface area contributed by atoms with Gasteiger partial charge in [0.2, 0.25) is 0 Å². The number of halogens is 2. The second-order valence-corrected chi connectivity index (χ2v) is 7.83. The molecule has 8 heteroatoms. The molecule has 0 atom stereocenters. The monoisotopic (exact) mass is 416 g/mol. The van der Waals surface area contributed by atoms with Gasteiger partial charge in [-0.3, -0.25) is 15.0 Å². The summed E-state index contributed by atoms with van der Waals surface area (Å²) in [4.78, 5) is 17.8. The standard InChI is InChI=1S/C16H22BrClN4O2/c1-19-6-8-20(9-7-19)12-2-4-21(5-3-12)15-11-14(18)16(22(23)24)10-13(15)17/h10-12H,2-9H2,1H3. The third-order valence-electron chi connectivity index (χ3n) is 5.07. The van der Waals surface area contributed by atoms with E-state index in [1.807, 2.05) is 0 Å². The van der Waals surface area contributed by atoms with Crippen molar-refractivity contribution in [1.82, 2.24) is 9.80 Å². The molecule has 0 saturated carbocycles. The first kappa shape index (κ1) is 17.9. The maximum atomic E-state index is 11.0. The smallest absolute Gasteiger partial charge is 0.289 e. The lowest BCUT2D eigenvalue weighted by molar-refractivity contribution is -0.384. The third-order valence-corrected chi connectivity index (χ3v) is 6.01. The Hall–Kier alpha value is -0.890. The molecule has 0 bridgehead atoms. The molecule has 2 heterocycles. The van der Waals surface area contributed by atoms with Crippen molar-refractivity contribution >= 4 is 38.9 Å². The Morgan fingerprint density at radius 3 is 2.38 bits per heavy atom. The van der Waals surface area contributed by atoms with E-state index in [-0.39, 0.29) is 10.7 Å². The molecule has 6 nitrogen and oxygen atoms in total. The highest BCUT2D eigenvalue weighted by Crippen LogP contribution is 2.37. The number of hydrogen-bond donors (Lipinski definition) is 0. The van der Waals surface area contributed by atoms with Crippen molar-refractivity contribution in [3.63, 3.8) is 0 Å². The first-order chi connectivity index (χ1) is 11.5. The number of nitro groups is 1. The lowest BCUT2D eigenvalue weighted by Gasteiger charge is -2.42. The van der Waals surface area contributed by atoms with Crippen LogP contribution < -0.4 is 4.90 Å². The average Bonchev–Trinajstić information content (AvgIpc) is 2.57. The summed E-state index contributed by atoms with van der Waals surface area (Å²) in [5, 5.41) is 11.2. The van der Waals surface area contributed by atoms with E-state index >= 15 is 0 Å². The first-order valence-electron chi connectivity index (χ1n) is 8.26. The van der Waals surface area contributed by atoms with Gasteiger partial charge in [0, 0.05) is 55.8 Å². The summed E-state index contributed by atoms with van der Waals surface area (Å²) in [6.07, 6.45) is 2.23. The van der Waals surface area contributed by atoms with Crippen molar-refractivity contribution in [3.05, 3.63) is 31.7 Å². The van der Waals surface area contributed by atoms with E-state index in [1.54, 1.807) is 6.07 Å². The van der Waals surface area contributed by atoms with Crippen LogP contribution in [0, 0.1) is 10.1 Å². The number of nitrogens with zero attached hydrogens (tertiary/aromatic N) is 4. The van der Waals surface area contributed by atoms with Crippen molar-refractivity contribution in [3.8, 4) is 0 Å². The highest BCUT2D eigenvalue weighted by molar-refractivity contribution is 9.10. The number of nitro benzene ring substituents is 1. The molecule has 0 N–H and O–H groups in total. The lowest BCUT2D eigenvalue weighted by Crippen LogP contribution is -2.52. The zero-order valence-corrected chi connectivity index (χ0v) is 16.1. The van der Waals surface area contributed by atoms with Gasteiger partial charge in [0.05, 0.1) is 10.6 Å². The molecule has 3 rings (SSSR count). The SMILES string of the molecule is CN1CCN(C2CCN(c3cc(Cl)c([N+](=O)[O-])cc3Br)CC2)CC1. The summed E-state index contributed by atoms with van der Waals surface area (Å²) >= 11 is 9.54. The summed E-state index contributed by atoms with van der Waals surface area (Å²) < 4.78 is 0.733. The highest BCUT2D eigenvalue weighted by atomic mass is 79.9. The van der Waals surface area contributed by atoms with Gasteiger partial charge in [0.1, 0.15) is 5.02 Å². The fourth-order valence-corrected chi connectivity index (χ4v) is 4.38. The Labute approximate surface area is 155 Å². The lowest BCUT2D eigenvalue weighted by atomic mass is 10.0. The molecule has 0 aliphatic carbocycles. The van der Waals surface area contributed by atoms with Gasteiger partial charge in [-0.05, 0) is 41.9 Å². The number of piperidine rings is 1. The van der Waals surface area contributed by atoms with Crippen LogP contribution in [-0.2, 0) is 0 Å². The van der Waals surface area contributed by atoms with E-state index in [0.717, 1.165) is 62.3 Å². The number of anilines is 1. The molecule has 1 aromatic carbocycles. The molecule has 24 heavy (non-hydrogen) atoms. The minimum Gasteiger partial charge on any atom is -0.370 e. The van der Waals surface area contributed by atoms with Gasteiger partial charge in [-0.2, -0.15) is 0 Å².